The molecule has 7 heteroatoms. The van der Waals surface area contributed by atoms with Crippen molar-refractivity contribution in [2.24, 2.45) is 0 Å². The summed E-state index contributed by atoms with van der Waals surface area (Å²) in [7, 11) is 1.59. The number of nitrogens with zero attached hydrogens (tertiary/aromatic N) is 1. The molecule has 1 N–H and O–H groups in total. The summed E-state index contributed by atoms with van der Waals surface area (Å²) in [4.78, 5) is 29.3. The number of hydrogen-bond acceptors (Lipinski definition) is 3. The van der Waals surface area contributed by atoms with Gasteiger partial charge >= 0.3 is 0 Å². The van der Waals surface area contributed by atoms with Crippen LogP contribution in [0.1, 0.15) is 28.3 Å². The van der Waals surface area contributed by atoms with Crippen molar-refractivity contribution in [1.29, 1.82) is 0 Å². The average molecular weight is 547 g/mol. The van der Waals surface area contributed by atoms with Crippen molar-refractivity contribution in [3.05, 3.63) is 135 Å². The van der Waals surface area contributed by atoms with Crippen LogP contribution in [0.5, 0.6) is 5.75 Å². The van der Waals surface area contributed by atoms with Crippen LogP contribution in [0.4, 0.5) is 0 Å². The van der Waals surface area contributed by atoms with Crippen LogP contribution in [0.3, 0.4) is 0 Å². The number of amides is 2. The van der Waals surface area contributed by atoms with E-state index < -0.39 is 6.04 Å². The Labute approximate surface area is 233 Å². The third-order valence-corrected chi connectivity index (χ3v) is 6.68. The number of carbonyl (C=O) groups is 2. The molecule has 4 rings (SSSR count). The Morgan fingerprint density at radius 1 is 0.789 bits per heavy atom. The predicted molar refractivity (Wildman–Crippen MR) is 151 cm³/mol. The lowest BCUT2D eigenvalue weighted by Gasteiger charge is -2.32. The predicted octanol–water partition coefficient (Wildman–Crippen LogP) is 6.63. The van der Waals surface area contributed by atoms with Crippen LogP contribution in [-0.2, 0) is 29.1 Å². The Morgan fingerprint density at radius 3 is 2.00 bits per heavy atom. The van der Waals surface area contributed by atoms with Crippen LogP contribution in [-0.4, -0.2) is 23.8 Å². The molecule has 0 spiro atoms. The standard InChI is InChI=1S/C31H28Cl2N2O3/c1-38-28-10-6-5-9-25(28)20-34-31(37)30(24-7-3-2-4-8-24)35(21-23-13-17-27(33)18-14-23)29(36)19-22-11-15-26(32)16-12-22/h2-18,30H,19-21H2,1H3,(H,34,37)/t30-/m0/s1. The van der Waals surface area contributed by atoms with E-state index in [1.165, 1.54) is 0 Å². The Kier molecular flexibility index (Phi) is 9.41. The molecule has 0 saturated carbocycles. The number of hydrogen-bond donors (Lipinski definition) is 1. The fraction of sp³-hybridized carbons (Fsp3) is 0.161. The van der Waals surface area contributed by atoms with Gasteiger partial charge in [0.05, 0.1) is 13.5 Å². The second-order valence-corrected chi connectivity index (χ2v) is 9.67. The van der Waals surface area contributed by atoms with E-state index in [1.807, 2.05) is 78.9 Å². The highest BCUT2D eigenvalue weighted by molar-refractivity contribution is 6.30. The van der Waals surface area contributed by atoms with E-state index in [-0.39, 0.29) is 31.3 Å². The summed E-state index contributed by atoms with van der Waals surface area (Å²) in [5, 5.41) is 4.22. The quantitative estimate of drug-likeness (QED) is 0.243. The van der Waals surface area contributed by atoms with Crippen LogP contribution >= 0.6 is 23.2 Å². The van der Waals surface area contributed by atoms with Gasteiger partial charge in [-0.05, 0) is 47.0 Å². The molecule has 0 aliphatic rings. The van der Waals surface area contributed by atoms with Gasteiger partial charge in [-0.25, -0.2) is 0 Å². The van der Waals surface area contributed by atoms with Crippen LogP contribution in [0.2, 0.25) is 10.0 Å². The SMILES string of the molecule is COc1ccccc1CNC(=O)[C@H](c1ccccc1)N(Cc1ccc(Cl)cc1)C(=O)Cc1ccc(Cl)cc1. The number of benzene rings is 4. The van der Waals surface area contributed by atoms with Gasteiger partial charge in [0.25, 0.3) is 0 Å². The third-order valence-electron chi connectivity index (χ3n) is 6.18. The lowest BCUT2D eigenvalue weighted by molar-refractivity contribution is -0.141. The highest BCUT2D eigenvalue weighted by Crippen LogP contribution is 2.26. The van der Waals surface area contributed by atoms with E-state index >= 15 is 0 Å². The van der Waals surface area contributed by atoms with Crippen molar-refractivity contribution in [2.45, 2.75) is 25.6 Å². The summed E-state index contributed by atoms with van der Waals surface area (Å²) in [5.41, 5.74) is 3.22. The first-order valence-corrected chi connectivity index (χ1v) is 12.9. The number of carbonyl (C=O) groups excluding carboxylic acids is 2. The van der Waals surface area contributed by atoms with Crippen LogP contribution in [0, 0.1) is 0 Å². The number of ether oxygens (including phenoxy) is 1. The molecule has 4 aromatic carbocycles. The number of para-hydroxylation sites is 1. The molecule has 4 aromatic rings. The molecular weight excluding hydrogens is 519 g/mol. The van der Waals surface area contributed by atoms with Gasteiger partial charge in [-0.15, -0.1) is 0 Å². The first-order chi connectivity index (χ1) is 18.4. The average Bonchev–Trinajstić information content (AvgIpc) is 2.94. The minimum atomic E-state index is -0.860. The minimum Gasteiger partial charge on any atom is -0.496 e. The van der Waals surface area contributed by atoms with Crippen molar-refractivity contribution in [3.63, 3.8) is 0 Å². The Morgan fingerprint density at radius 2 is 1.37 bits per heavy atom. The van der Waals surface area contributed by atoms with Gasteiger partial charge in [0.2, 0.25) is 11.8 Å². The van der Waals surface area contributed by atoms with Gasteiger partial charge in [0.1, 0.15) is 11.8 Å². The molecule has 194 valence electrons. The zero-order valence-electron chi connectivity index (χ0n) is 20.9. The maximum atomic E-state index is 13.8. The molecule has 0 unspecified atom stereocenters. The van der Waals surface area contributed by atoms with Gasteiger partial charge in [-0.1, -0.05) is 96.0 Å². The Hall–Kier alpha value is -3.80. The monoisotopic (exact) mass is 546 g/mol. The fourth-order valence-corrected chi connectivity index (χ4v) is 4.48. The number of methoxy groups -OCH3 is 1. The molecular formula is C31H28Cl2N2O3. The molecule has 1 atom stereocenters. The van der Waals surface area contributed by atoms with Gasteiger partial charge in [-0.3, -0.25) is 9.59 Å². The lowest BCUT2D eigenvalue weighted by atomic mass is 10.0. The van der Waals surface area contributed by atoms with E-state index in [4.69, 9.17) is 27.9 Å². The summed E-state index contributed by atoms with van der Waals surface area (Å²) in [6.45, 7) is 0.484. The Bertz CT molecular complexity index is 1360. The van der Waals surface area contributed by atoms with Crippen LogP contribution in [0.25, 0.3) is 0 Å². The fourth-order valence-electron chi connectivity index (χ4n) is 4.22. The number of halogens is 2. The molecule has 0 radical (unpaired) electrons. The molecule has 0 aliphatic heterocycles. The second kappa shape index (κ2) is 13.1. The van der Waals surface area contributed by atoms with E-state index in [0.717, 1.165) is 16.7 Å². The highest BCUT2D eigenvalue weighted by Gasteiger charge is 2.31. The van der Waals surface area contributed by atoms with Gasteiger partial charge < -0.3 is 15.0 Å². The molecule has 38 heavy (non-hydrogen) atoms. The van der Waals surface area contributed by atoms with Crippen LogP contribution in [0.15, 0.2) is 103 Å². The number of rotatable bonds is 10. The molecule has 0 heterocycles. The largest absolute Gasteiger partial charge is 0.496 e. The second-order valence-electron chi connectivity index (χ2n) is 8.79. The number of nitrogens with one attached hydrogen (secondary N) is 1. The van der Waals surface area contributed by atoms with Crippen molar-refractivity contribution in [3.8, 4) is 5.75 Å². The summed E-state index contributed by atoms with van der Waals surface area (Å²) in [6, 6.07) is 30.4. The molecule has 0 aliphatic carbocycles. The maximum Gasteiger partial charge on any atom is 0.247 e. The van der Waals surface area contributed by atoms with Gasteiger partial charge in [0.15, 0.2) is 0 Å². The smallest absolute Gasteiger partial charge is 0.247 e. The molecule has 2 amide bonds. The normalized spacial score (nSPS) is 11.4. The lowest BCUT2D eigenvalue weighted by Crippen LogP contribution is -2.43. The van der Waals surface area contributed by atoms with Crippen molar-refractivity contribution < 1.29 is 14.3 Å². The van der Waals surface area contributed by atoms with Gasteiger partial charge in [0, 0.05) is 28.7 Å². The van der Waals surface area contributed by atoms with Crippen molar-refractivity contribution in [2.75, 3.05) is 7.11 Å². The van der Waals surface area contributed by atoms with Gasteiger partial charge in [-0.2, -0.15) is 0 Å². The van der Waals surface area contributed by atoms with E-state index in [2.05, 4.69) is 5.32 Å². The topological polar surface area (TPSA) is 58.6 Å². The summed E-state index contributed by atoms with van der Waals surface area (Å²) in [5.74, 6) is 0.199. The summed E-state index contributed by atoms with van der Waals surface area (Å²) in [6.07, 6.45) is 0.119. The first-order valence-electron chi connectivity index (χ1n) is 12.2. The molecule has 0 bridgehead atoms. The zero-order valence-corrected chi connectivity index (χ0v) is 22.5. The van der Waals surface area contributed by atoms with Crippen molar-refractivity contribution in [1.82, 2.24) is 10.2 Å². The zero-order chi connectivity index (χ0) is 26.9. The highest BCUT2D eigenvalue weighted by atomic mass is 35.5. The van der Waals surface area contributed by atoms with Crippen LogP contribution < -0.4 is 10.1 Å². The van der Waals surface area contributed by atoms with E-state index in [1.54, 1.807) is 36.3 Å². The molecule has 0 aromatic heterocycles. The third kappa shape index (κ3) is 7.15. The van der Waals surface area contributed by atoms with E-state index in [9.17, 15) is 9.59 Å². The summed E-state index contributed by atoms with van der Waals surface area (Å²) >= 11 is 12.1. The molecule has 5 nitrogen and oxygen atoms in total. The first kappa shape index (κ1) is 27.2. The maximum absolute atomic E-state index is 13.8. The Balaban J connectivity index is 1.67. The molecule has 0 saturated heterocycles. The van der Waals surface area contributed by atoms with Crippen molar-refractivity contribution >= 4 is 35.0 Å². The molecule has 0 fully saturated rings. The summed E-state index contributed by atoms with van der Waals surface area (Å²) < 4.78 is 5.44. The minimum absolute atomic E-state index is 0.119. The van der Waals surface area contributed by atoms with E-state index in [0.29, 0.717) is 21.4 Å².